The summed E-state index contributed by atoms with van der Waals surface area (Å²) in [6, 6.07) is 5.21. The Hall–Kier alpha value is -0.905. The lowest BCUT2D eigenvalue weighted by Crippen LogP contribution is -2.26. The first-order chi connectivity index (χ1) is 7.63. The zero-order valence-corrected chi connectivity index (χ0v) is 9.72. The average Bonchev–Trinajstić information content (AvgIpc) is 2.67. The molecule has 0 saturated carbocycles. The summed E-state index contributed by atoms with van der Waals surface area (Å²) in [5.41, 5.74) is 0.691. The molecule has 0 unspecified atom stereocenters. The van der Waals surface area contributed by atoms with Crippen LogP contribution in [0.2, 0.25) is 0 Å². The smallest absolute Gasteiger partial charge is 0.423 e. The van der Waals surface area contributed by atoms with Gasteiger partial charge in [-0.2, -0.15) is 0 Å². The maximum Gasteiger partial charge on any atom is 0.499 e. The molecule has 2 N–H and O–H groups in total. The van der Waals surface area contributed by atoms with E-state index in [1.807, 2.05) is 13.0 Å². The Labute approximate surface area is 97.5 Å². The largest absolute Gasteiger partial charge is 0.499 e. The summed E-state index contributed by atoms with van der Waals surface area (Å²) in [6.45, 7) is 2.00. The van der Waals surface area contributed by atoms with E-state index in [0.717, 1.165) is 23.1 Å². The van der Waals surface area contributed by atoms with Crippen LogP contribution in [0.1, 0.15) is 18.9 Å². The van der Waals surface area contributed by atoms with Gasteiger partial charge >= 0.3 is 7.12 Å². The number of thiophene rings is 1. The number of fused-ring (bicyclic) bond motifs is 1. The second kappa shape index (κ2) is 4.53. The van der Waals surface area contributed by atoms with Crippen LogP contribution in [0.3, 0.4) is 0 Å². The third-order valence-corrected chi connectivity index (χ3v) is 3.68. The van der Waals surface area contributed by atoms with Crippen molar-refractivity contribution in [2.45, 2.75) is 19.8 Å². The zero-order chi connectivity index (χ0) is 11.7. The number of halogens is 1. The van der Waals surface area contributed by atoms with E-state index < -0.39 is 7.12 Å². The molecular weight excluding hydrogens is 226 g/mol. The molecule has 2 aromatic rings. The first-order valence-electron chi connectivity index (χ1n) is 5.20. The number of hydrogen-bond acceptors (Lipinski definition) is 3. The second-order valence-corrected chi connectivity index (χ2v) is 4.81. The van der Waals surface area contributed by atoms with Crippen LogP contribution >= 0.6 is 11.3 Å². The van der Waals surface area contributed by atoms with Crippen molar-refractivity contribution in [1.29, 1.82) is 0 Å². The summed E-state index contributed by atoms with van der Waals surface area (Å²) in [5.74, 6) is -0.226. The van der Waals surface area contributed by atoms with Crippen molar-refractivity contribution in [3.05, 3.63) is 29.6 Å². The highest BCUT2D eigenvalue weighted by atomic mass is 32.1. The molecule has 0 bridgehead atoms. The summed E-state index contributed by atoms with van der Waals surface area (Å²) in [5, 5.41) is 18.8. The monoisotopic (exact) mass is 238 g/mol. The van der Waals surface area contributed by atoms with Gasteiger partial charge in [-0.15, -0.1) is 11.3 Å². The van der Waals surface area contributed by atoms with Crippen molar-refractivity contribution in [3.8, 4) is 0 Å². The summed E-state index contributed by atoms with van der Waals surface area (Å²) in [6.07, 6.45) is 1.60. The predicted molar refractivity (Wildman–Crippen MR) is 65.6 cm³/mol. The molecule has 0 amide bonds. The summed E-state index contributed by atoms with van der Waals surface area (Å²) in [4.78, 5) is 0. The van der Waals surface area contributed by atoms with Crippen LogP contribution < -0.4 is 4.78 Å². The summed E-state index contributed by atoms with van der Waals surface area (Å²) >= 11 is 1.10. The minimum absolute atomic E-state index is 0.226. The minimum Gasteiger partial charge on any atom is -0.423 e. The van der Waals surface area contributed by atoms with Gasteiger partial charge < -0.3 is 10.0 Å². The molecule has 16 heavy (non-hydrogen) atoms. The molecule has 84 valence electrons. The fourth-order valence-electron chi connectivity index (χ4n) is 1.72. The predicted octanol–water partition coefficient (Wildman–Crippen LogP) is 1.67. The van der Waals surface area contributed by atoms with Crippen molar-refractivity contribution < 1.29 is 14.4 Å². The number of benzene rings is 1. The van der Waals surface area contributed by atoms with Crippen molar-refractivity contribution in [2.75, 3.05) is 0 Å². The maximum atomic E-state index is 14.0. The van der Waals surface area contributed by atoms with E-state index in [1.54, 1.807) is 12.1 Å². The van der Waals surface area contributed by atoms with E-state index in [2.05, 4.69) is 0 Å². The van der Waals surface area contributed by atoms with Crippen molar-refractivity contribution >= 4 is 33.3 Å². The maximum absolute atomic E-state index is 14.0. The normalized spacial score (nSPS) is 11.0. The topological polar surface area (TPSA) is 40.5 Å². The highest BCUT2D eigenvalue weighted by Crippen LogP contribution is 2.26. The minimum atomic E-state index is -1.52. The Balaban J connectivity index is 2.55. The van der Waals surface area contributed by atoms with E-state index in [9.17, 15) is 4.39 Å². The van der Waals surface area contributed by atoms with Gasteiger partial charge in [-0.3, -0.25) is 0 Å². The van der Waals surface area contributed by atoms with Gasteiger partial charge in [0, 0.05) is 4.78 Å². The van der Waals surface area contributed by atoms with Crippen molar-refractivity contribution in [1.82, 2.24) is 0 Å². The molecule has 2 rings (SSSR count). The van der Waals surface area contributed by atoms with Crippen LogP contribution in [0.4, 0.5) is 4.39 Å². The van der Waals surface area contributed by atoms with Gasteiger partial charge in [0.1, 0.15) is 5.82 Å². The first-order valence-corrected chi connectivity index (χ1v) is 6.02. The molecule has 0 aliphatic rings. The Morgan fingerprint density at radius 1 is 1.38 bits per heavy atom. The molecule has 0 saturated heterocycles. The zero-order valence-electron chi connectivity index (χ0n) is 8.90. The molecule has 0 fully saturated rings. The fourth-order valence-corrected chi connectivity index (χ4v) is 2.71. The molecular formula is C11H12BFO2S. The van der Waals surface area contributed by atoms with Crippen LogP contribution in [0.25, 0.3) is 10.1 Å². The molecule has 0 radical (unpaired) electrons. The van der Waals surface area contributed by atoms with Gasteiger partial charge in [0.15, 0.2) is 0 Å². The van der Waals surface area contributed by atoms with Gasteiger partial charge in [-0.25, -0.2) is 4.39 Å². The van der Waals surface area contributed by atoms with Crippen LogP contribution in [-0.2, 0) is 6.42 Å². The Kier molecular flexibility index (Phi) is 3.28. The molecule has 0 spiro atoms. The summed E-state index contributed by atoms with van der Waals surface area (Å²) in [7, 11) is -1.52. The lowest BCUT2D eigenvalue weighted by atomic mass is 9.89. The molecule has 2 nitrogen and oxygen atoms in total. The van der Waals surface area contributed by atoms with Gasteiger partial charge in [-0.1, -0.05) is 25.5 Å². The SMILES string of the molecule is CCCc1ccc2cc(B(O)O)sc2c1F. The lowest BCUT2D eigenvalue weighted by molar-refractivity contribution is 0.427. The average molecular weight is 238 g/mol. The van der Waals surface area contributed by atoms with E-state index in [-0.39, 0.29) is 5.82 Å². The molecule has 1 aromatic heterocycles. The van der Waals surface area contributed by atoms with E-state index in [1.165, 1.54) is 0 Å². The Bertz CT molecular complexity index is 510. The molecule has 0 atom stereocenters. The number of hydrogen-bond donors (Lipinski definition) is 2. The van der Waals surface area contributed by atoms with Gasteiger partial charge in [0.05, 0.1) is 4.70 Å². The van der Waals surface area contributed by atoms with E-state index >= 15 is 0 Å². The highest BCUT2D eigenvalue weighted by molar-refractivity contribution is 7.27. The first kappa shape index (κ1) is 11.6. The Morgan fingerprint density at radius 3 is 2.75 bits per heavy atom. The van der Waals surface area contributed by atoms with Gasteiger partial charge in [0.2, 0.25) is 0 Å². The molecule has 5 heteroatoms. The third kappa shape index (κ3) is 1.98. The third-order valence-electron chi connectivity index (χ3n) is 2.50. The second-order valence-electron chi connectivity index (χ2n) is 3.73. The van der Waals surface area contributed by atoms with Crippen LogP contribution in [-0.4, -0.2) is 17.2 Å². The summed E-state index contributed by atoms with van der Waals surface area (Å²) < 4.78 is 14.9. The van der Waals surface area contributed by atoms with E-state index in [0.29, 0.717) is 21.5 Å². The standard InChI is InChI=1S/C11H12BFO2S/c1-2-3-7-4-5-8-6-9(12(14)15)16-11(8)10(7)13/h4-6,14-15H,2-3H2,1H3. The molecule has 0 aliphatic carbocycles. The molecule has 0 aliphatic heterocycles. The van der Waals surface area contributed by atoms with Crippen LogP contribution in [0.5, 0.6) is 0 Å². The van der Waals surface area contributed by atoms with Crippen LogP contribution in [0, 0.1) is 5.82 Å². The molecule has 1 heterocycles. The number of rotatable bonds is 3. The van der Waals surface area contributed by atoms with Gasteiger partial charge in [0.25, 0.3) is 0 Å². The van der Waals surface area contributed by atoms with Gasteiger partial charge in [-0.05, 0) is 23.4 Å². The molecule has 1 aromatic carbocycles. The highest BCUT2D eigenvalue weighted by Gasteiger charge is 2.17. The quantitative estimate of drug-likeness (QED) is 0.798. The lowest BCUT2D eigenvalue weighted by Gasteiger charge is -2.01. The van der Waals surface area contributed by atoms with Crippen LogP contribution in [0.15, 0.2) is 18.2 Å². The van der Waals surface area contributed by atoms with E-state index in [4.69, 9.17) is 10.0 Å². The van der Waals surface area contributed by atoms with Crippen molar-refractivity contribution in [2.24, 2.45) is 0 Å². The fraction of sp³-hybridized carbons (Fsp3) is 0.273. The number of aryl methyl sites for hydroxylation is 1. The van der Waals surface area contributed by atoms with Crippen molar-refractivity contribution in [3.63, 3.8) is 0 Å². The Morgan fingerprint density at radius 2 is 2.12 bits per heavy atom.